The number of ether oxygens (including phenoxy) is 1. The maximum absolute atomic E-state index is 13.6. The third kappa shape index (κ3) is 6.93. The smallest absolute Gasteiger partial charge is 0.255 e. The predicted molar refractivity (Wildman–Crippen MR) is 163 cm³/mol. The van der Waals surface area contributed by atoms with Crippen LogP contribution in [0.4, 0.5) is 5.95 Å². The van der Waals surface area contributed by atoms with Crippen LogP contribution in [-0.4, -0.2) is 52.1 Å². The molecule has 41 heavy (non-hydrogen) atoms. The lowest BCUT2D eigenvalue weighted by atomic mass is 10.1. The van der Waals surface area contributed by atoms with Crippen molar-refractivity contribution in [2.24, 2.45) is 0 Å². The Kier molecular flexibility index (Phi) is 9.00. The number of anilines is 1. The Morgan fingerprint density at radius 1 is 1.00 bits per heavy atom. The molecule has 3 aromatic carbocycles. The number of aryl methyl sites for hydroxylation is 2. The van der Waals surface area contributed by atoms with Crippen LogP contribution >= 0.6 is 34.8 Å². The fourth-order valence-electron chi connectivity index (χ4n) is 4.72. The molecule has 1 saturated heterocycles. The van der Waals surface area contributed by atoms with E-state index in [0.29, 0.717) is 28.3 Å². The zero-order valence-corrected chi connectivity index (χ0v) is 24.9. The fourth-order valence-corrected chi connectivity index (χ4v) is 5.34. The summed E-state index contributed by atoms with van der Waals surface area (Å²) in [7, 11) is 0. The van der Waals surface area contributed by atoms with Crippen LogP contribution < -0.4 is 5.32 Å². The Labute approximate surface area is 254 Å². The van der Waals surface area contributed by atoms with E-state index in [4.69, 9.17) is 44.5 Å². The van der Waals surface area contributed by atoms with Crippen LogP contribution in [-0.2, 0) is 9.53 Å². The van der Waals surface area contributed by atoms with Gasteiger partial charge in [-0.1, -0.05) is 53.0 Å². The van der Waals surface area contributed by atoms with Crippen molar-refractivity contribution in [3.63, 3.8) is 0 Å². The first-order valence-electron chi connectivity index (χ1n) is 13.3. The number of nitrogens with zero attached hydrogens (tertiary/aromatic N) is 3. The van der Waals surface area contributed by atoms with Gasteiger partial charge in [-0.25, -0.2) is 4.98 Å². The third-order valence-electron chi connectivity index (χ3n) is 7.10. The third-order valence-corrected chi connectivity index (χ3v) is 7.90. The quantitative estimate of drug-likeness (QED) is 0.226. The van der Waals surface area contributed by atoms with Crippen molar-refractivity contribution in [3.05, 3.63) is 98.6 Å². The van der Waals surface area contributed by atoms with Crippen molar-refractivity contribution >= 4 is 52.6 Å². The van der Waals surface area contributed by atoms with E-state index in [9.17, 15) is 9.59 Å². The number of nitrogens with one attached hydrogen (secondary N) is 1. The van der Waals surface area contributed by atoms with Gasteiger partial charge in [0.2, 0.25) is 11.9 Å². The SMILES string of the molecule is Cc1ccc(-n2cc(-c3ccc(Cl)cc3)nc2NC(=O)CN(C[C@H]2CCCO2)C(=O)c2ccc(Cl)cc2Cl)cc1C. The van der Waals surface area contributed by atoms with E-state index in [1.165, 1.54) is 11.0 Å². The van der Waals surface area contributed by atoms with Gasteiger partial charge in [0.1, 0.15) is 6.54 Å². The van der Waals surface area contributed by atoms with Crippen LogP contribution in [0.25, 0.3) is 16.9 Å². The number of rotatable bonds is 8. The van der Waals surface area contributed by atoms with Gasteiger partial charge < -0.3 is 9.64 Å². The van der Waals surface area contributed by atoms with Crippen molar-refractivity contribution in [2.75, 3.05) is 25.0 Å². The van der Waals surface area contributed by atoms with E-state index >= 15 is 0 Å². The molecule has 0 aliphatic carbocycles. The van der Waals surface area contributed by atoms with Gasteiger partial charge in [0.25, 0.3) is 5.91 Å². The molecule has 0 unspecified atom stereocenters. The Hall–Kier alpha value is -3.36. The number of hydrogen-bond donors (Lipinski definition) is 1. The van der Waals surface area contributed by atoms with Crippen LogP contribution in [0.2, 0.25) is 15.1 Å². The average Bonchev–Trinajstić information content (AvgIpc) is 3.60. The highest BCUT2D eigenvalue weighted by atomic mass is 35.5. The second-order valence-electron chi connectivity index (χ2n) is 10.1. The Bertz CT molecular complexity index is 1580. The number of hydrogen-bond acceptors (Lipinski definition) is 4. The summed E-state index contributed by atoms with van der Waals surface area (Å²) < 4.78 is 7.60. The molecule has 212 valence electrons. The van der Waals surface area contributed by atoms with Gasteiger partial charge in [0.05, 0.1) is 22.4 Å². The molecule has 0 spiro atoms. The molecule has 1 fully saturated rings. The Morgan fingerprint density at radius 3 is 2.44 bits per heavy atom. The first-order valence-corrected chi connectivity index (χ1v) is 14.4. The maximum atomic E-state index is 13.6. The molecule has 2 heterocycles. The van der Waals surface area contributed by atoms with Crippen LogP contribution in [0.1, 0.15) is 34.3 Å². The lowest BCUT2D eigenvalue weighted by Gasteiger charge is -2.25. The van der Waals surface area contributed by atoms with Crippen molar-refractivity contribution < 1.29 is 14.3 Å². The lowest BCUT2D eigenvalue weighted by Crippen LogP contribution is -2.42. The molecule has 7 nitrogen and oxygen atoms in total. The highest BCUT2D eigenvalue weighted by Crippen LogP contribution is 2.27. The zero-order valence-electron chi connectivity index (χ0n) is 22.7. The molecule has 0 saturated carbocycles. The predicted octanol–water partition coefficient (Wildman–Crippen LogP) is 7.38. The number of aromatic nitrogens is 2. The summed E-state index contributed by atoms with van der Waals surface area (Å²) in [4.78, 5) is 33.3. The number of halogens is 3. The monoisotopic (exact) mass is 610 g/mol. The van der Waals surface area contributed by atoms with Gasteiger partial charge in [-0.15, -0.1) is 0 Å². The molecular weight excluding hydrogens is 583 g/mol. The molecule has 1 aliphatic rings. The van der Waals surface area contributed by atoms with Crippen LogP contribution in [0.3, 0.4) is 0 Å². The van der Waals surface area contributed by atoms with Gasteiger partial charge in [0.15, 0.2) is 0 Å². The number of carbonyl (C=O) groups is 2. The molecule has 2 amide bonds. The van der Waals surface area contributed by atoms with Crippen molar-refractivity contribution in [1.29, 1.82) is 0 Å². The summed E-state index contributed by atoms with van der Waals surface area (Å²) in [5.74, 6) is -0.450. The minimum absolute atomic E-state index is 0.160. The lowest BCUT2D eigenvalue weighted by molar-refractivity contribution is -0.117. The van der Waals surface area contributed by atoms with E-state index in [1.54, 1.807) is 24.3 Å². The van der Waals surface area contributed by atoms with Crippen LogP contribution in [0, 0.1) is 13.8 Å². The summed E-state index contributed by atoms with van der Waals surface area (Å²) in [6, 6.07) is 18.0. The summed E-state index contributed by atoms with van der Waals surface area (Å²) in [6.45, 7) is 4.74. The molecule has 1 aromatic heterocycles. The number of carbonyl (C=O) groups excluding carboxylic acids is 2. The topological polar surface area (TPSA) is 76.5 Å². The van der Waals surface area contributed by atoms with Gasteiger partial charge >= 0.3 is 0 Å². The van der Waals surface area contributed by atoms with Gasteiger partial charge in [-0.3, -0.25) is 19.5 Å². The molecule has 1 N–H and O–H groups in total. The number of benzene rings is 3. The Balaban J connectivity index is 1.44. The fraction of sp³-hybridized carbons (Fsp3) is 0.258. The standard InChI is InChI=1S/C31H29Cl3N4O3/c1-19-5-11-24(14-20(19)2)38-17-28(21-6-8-22(32)9-7-21)35-31(38)36-29(39)18-37(16-25-4-3-13-41-25)30(40)26-12-10-23(33)15-27(26)34/h5-12,14-15,17,25H,3-4,13,16,18H2,1-2H3,(H,35,36,39)/t25-/m1/s1. The molecule has 10 heteroatoms. The molecule has 0 radical (unpaired) electrons. The highest BCUT2D eigenvalue weighted by Gasteiger charge is 2.27. The summed E-state index contributed by atoms with van der Waals surface area (Å²) in [5, 5.41) is 4.19. The second-order valence-corrected chi connectivity index (χ2v) is 11.4. The van der Waals surface area contributed by atoms with Crippen molar-refractivity contribution in [3.8, 4) is 16.9 Å². The molecular formula is C31H29Cl3N4O3. The van der Waals surface area contributed by atoms with Gasteiger partial charge in [0, 0.05) is 40.6 Å². The number of imidazole rings is 1. The van der Waals surface area contributed by atoms with E-state index < -0.39 is 5.91 Å². The molecule has 1 aliphatic heterocycles. The highest BCUT2D eigenvalue weighted by molar-refractivity contribution is 6.36. The van der Waals surface area contributed by atoms with Crippen molar-refractivity contribution in [1.82, 2.24) is 14.5 Å². The molecule has 5 rings (SSSR count). The largest absolute Gasteiger partial charge is 0.376 e. The minimum Gasteiger partial charge on any atom is -0.376 e. The van der Waals surface area contributed by atoms with E-state index in [1.807, 2.05) is 54.9 Å². The van der Waals surface area contributed by atoms with Crippen LogP contribution in [0.15, 0.2) is 66.9 Å². The van der Waals surface area contributed by atoms with Crippen molar-refractivity contribution in [2.45, 2.75) is 32.8 Å². The molecule has 4 aromatic rings. The Morgan fingerprint density at radius 2 is 1.76 bits per heavy atom. The van der Waals surface area contributed by atoms with Crippen LogP contribution in [0.5, 0.6) is 0 Å². The molecule has 0 bridgehead atoms. The first-order chi connectivity index (χ1) is 19.7. The first kappa shape index (κ1) is 29.1. The minimum atomic E-state index is -0.403. The summed E-state index contributed by atoms with van der Waals surface area (Å²) in [6.07, 6.45) is 3.42. The second kappa shape index (κ2) is 12.7. The maximum Gasteiger partial charge on any atom is 0.255 e. The normalized spacial score (nSPS) is 14.7. The summed E-state index contributed by atoms with van der Waals surface area (Å²) >= 11 is 18.5. The van der Waals surface area contributed by atoms with E-state index in [0.717, 1.165) is 35.2 Å². The van der Waals surface area contributed by atoms with Gasteiger partial charge in [-0.05, 0) is 80.3 Å². The van der Waals surface area contributed by atoms with E-state index in [2.05, 4.69) is 5.32 Å². The summed E-state index contributed by atoms with van der Waals surface area (Å²) in [5.41, 5.74) is 4.88. The number of amides is 2. The van der Waals surface area contributed by atoms with Gasteiger partial charge in [-0.2, -0.15) is 0 Å². The average molecular weight is 612 g/mol. The molecule has 1 atom stereocenters. The van der Waals surface area contributed by atoms with E-state index in [-0.39, 0.29) is 35.7 Å². The zero-order chi connectivity index (χ0) is 29.1.